The number of hydrogen-bond donors (Lipinski definition) is 1. The summed E-state index contributed by atoms with van der Waals surface area (Å²) in [6.07, 6.45) is 3.91. The molecule has 0 atom stereocenters. The molecule has 0 bridgehead atoms. The fourth-order valence-corrected chi connectivity index (χ4v) is 1.09. The molecule has 2 N–H and O–H groups in total. The molecule has 1 nitrogen and oxygen atoms in total. The molecule has 0 unspecified atom stereocenters. The van der Waals surface area contributed by atoms with Crippen molar-refractivity contribution in [1.29, 1.82) is 0 Å². The minimum absolute atomic E-state index is 0.571. The van der Waals surface area contributed by atoms with E-state index in [4.69, 9.17) is 17.3 Å². The molecule has 1 aromatic rings. The molecule has 0 radical (unpaired) electrons. The largest absolute Gasteiger partial charge is 0.327 e. The SMILES string of the molecule is Cc1cc(/C=C/CN)ccc1Cl. The van der Waals surface area contributed by atoms with Gasteiger partial charge in [0.15, 0.2) is 0 Å². The molecule has 1 aromatic carbocycles. The molecule has 0 aliphatic heterocycles. The van der Waals surface area contributed by atoms with E-state index in [1.165, 1.54) is 0 Å². The molecule has 0 heterocycles. The zero-order valence-electron chi connectivity index (χ0n) is 7.05. The van der Waals surface area contributed by atoms with E-state index in [1.807, 2.05) is 37.3 Å². The zero-order valence-corrected chi connectivity index (χ0v) is 7.81. The standard InChI is InChI=1S/C10H12ClN/c1-8-7-9(3-2-6-12)4-5-10(8)11/h2-5,7H,6,12H2,1H3/b3-2+. The van der Waals surface area contributed by atoms with Crippen molar-refractivity contribution in [2.75, 3.05) is 6.54 Å². The highest BCUT2D eigenvalue weighted by atomic mass is 35.5. The molecule has 0 aliphatic rings. The molecular weight excluding hydrogens is 170 g/mol. The van der Waals surface area contributed by atoms with Gasteiger partial charge < -0.3 is 5.73 Å². The van der Waals surface area contributed by atoms with Gasteiger partial charge in [-0.25, -0.2) is 0 Å². The summed E-state index contributed by atoms with van der Waals surface area (Å²) in [6, 6.07) is 5.91. The maximum absolute atomic E-state index is 5.87. The van der Waals surface area contributed by atoms with Gasteiger partial charge in [0.2, 0.25) is 0 Å². The van der Waals surface area contributed by atoms with Crippen molar-refractivity contribution in [2.24, 2.45) is 5.73 Å². The lowest BCUT2D eigenvalue weighted by Gasteiger charge is -1.98. The maximum Gasteiger partial charge on any atom is 0.0435 e. The Kier molecular flexibility index (Phi) is 3.32. The Morgan fingerprint density at radius 3 is 2.83 bits per heavy atom. The second-order valence-corrected chi connectivity index (χ2v) is 3.05. The highest BCUT2D eigenvalue weighted by molar-refractivity contribution is 6.31. The van der Waals surface area contributed by atoms with Crippen LogP contribution in [0, 0.1) is 6.92 Å². The number of benzene rings is 1. The van der Waals surface area contributed by atoms with Gasteiger partial charge in [-0.2, -0.15) is 0 Å². The zero-order chi connectivity index (χ0) is 8.97. The van der Waals surface area contributed by atoms with Crippen LogP contribution >= 0.6 is 11.6 Å². The van der Waals surface area contributed by atoms with Crippen molar-refractivity contribution in [3.8, 4) is 0 Å². The Balaban J connectivity index is 2.89. The quantitative estimate of drug-likeness (QED) is 0.746. The lowest BCUT2D eigenvalue weighted by Crippen LogP contribution is -1.91. The van der Waals surface area contributed by atoms with E-state index in [-0.39, 0.29) is 0 Å². The summed E-state index contributed by atoms with van der Waals surface area (Å²) in [5.41, 5.74) is 7.57. The average Bonchev–Trinajstić information content (AvgIpc) is 2.07. The number of nitrogens with two attached hydrogens (primary N) is 1. The first-order valence-corrected chi connectivity index (χ1v) is 4.24. The summed E-state index contributed by atoms with van der Waals surface area (Å²) in [6.45, 7) is 2.56. The van der Waals surface area contributed by atoms with E-state index in [0.717, 1.165) is 16.1 Å². The van der Waals surface area contributed by atoms with E-state index >= 15 is 0 Å². The number of aryl methyl sites for hydroxylation is 1. The monoisotopic (exact) mass is 181 g/mol. The van der Waals surface area contributed by atoms with E-state index in [0.29, 0.717) is 6.54 Å². The van der Waals surface area contributed by atoms with Crippen LogP contribution in [0.1, 0.15) is 11.1 Å². The smallest absolute Gasteiger partial charge is 0.0435 e. The van der Waals surface area contributed by atoms with Gasteiger partial charge in [0.1, 0.15) is 0 Å². The summed E-state index contributed by atoms with van der Waals surface area (Å²) in [5, 5.41) is 0.805. The maximum atomic E-state index is 5.87. The molecule has 0 saturated carbocycles. The summed E-state index contributed by atoms with van der Waals surface area (Å²) in [7, 11) is 0. The number of hydrogen-bond acceptors (Lipinski definition) is 1. The Bertz CT molecular complexity index is 292. The molecular formula is C10H12ClN. The van der Waals surface area contributed by atoms with Gasteiger partial charge in [0.25, 0.3) is 0 Å². The summed E-state index contributed by atoms with van der Waals surface area (Å²) in [4.78, 5) is 0. The lowest BCUT2D eigenvalue weighted by atomic mass is 10.1. The normalized spacial score (nSPS) is 10.9. The molecule has 0 saturated heterocycles. The lowest BCUT2D eigenvalue weighted by molar-refractivity contribution is 1.26. The third-order valence-corrected chi connectivity index (χ3v) is 2.05. The van der Waals surface area contributed by atoms with Gasteiger partial charge in [-0.3, -0.25) is 0 Å². The molecule has 0 aliphatic carbocycles. The van der Waals surface area contributed by atoms with Gasteiger partial charge in [-0.05, 0) is 24.1 Å². The fraction of sp³-hybridized carbons (Fsp3) is 0.200. The van der Waals surface area contributed by atoms with Crippen molar-refractivity contribution >= 4 is 17.7 Å². The van der Waals surface area contributed by atoms with Gasteiger partial charge >= 0.3 is 0 Å². The third kappa shape index (κ3) is 2.36. The fourth-order valence-electron chi connectivity index (χ4n) is 0.976. The molecule has 64 valence electrons. The number of halogens is 1. The van der Waals surface area contributed by atoms with Crippen LogP contribution in [-0.4, -0.2) is 6.54 Å². The summed E-state index contributed by atoms with van der Waals surface area (Å²) in [5.74, 6) is 0. The van der Waals surface area contributed by atoms with Crippen LogP contribution in [0.2, 0.25) is 5.02 Å². The highest BCUT2D eigenvalue weighted by Crippen LogP contribution is 2.16. The van der Waals surface area contributed by atoms with Crippen molar-refractivity contribution in [3.05, 3.63) is 40.4 Å². The van der Waals surface area contributed by atoms with Crippen LogP contribution in [-0.2, 0) is 0 Å². The first-order chi connectivity index (χ1) is 5.74. The van der Waals surface area contributed by atoms with E-state index in [1.54, 1.807) is 0 Å². The molecule has 0 aromatic heterocycles. The third-order valence-electron chi connectivity index (χ3n) is 1.63. The topological polar surface area (TPSA) is 26.0 Å². The van der Waals surface area contributed by atoms with Crippen LogP contribution in [0.5, 0.6) is 0 Å². The van der Waals surface area contributed by atoms with Crippen LogP contribution in [0.25, 0.3) is 6.08 Å². The first kappa shape index (κ1) is 9.30. The van der Waals surface area contributed by atoms with Gasteiger partial charge in [0, 0.05) is 11.6 Å². The van der Waals surface area contributed by atoms with Crippen LogP contribution in [0.4, 0.5) is 0 Å². The van der Waals surface area contributed by atoms with E-state index < -0.39 is 0 Å². The van der Waals surface area contributed by atoms with Crippen molar-refractivity contribution in [2.45, 2.75) is 6.92 Å². The number of rotatable bonds is 2. The van der Waals surface area contributed by atoms with Crippen LogP contribution < -0.4 is 5.73 Å². The van der Waals surface area contributed by atoms with Crippen molar-refractivity contribution in [1.82, 2.24) is 0 Å². The molecule has 0 amide bonds. The minimum atomic E-state index is 0.571. The second kappa shape index (κ2) is 4.29. The first-order valence-electron chi connectivity index (χ1n) is 3.87. The van der Waals surface area contributed by atoms with E-state index in [9.17, 15) is 0 Å². The molecule has 1 rings (SSSR count). The van der Waals surface area contributed by atoms with Crippen molar-refractivity contribution < 1.29 is 0 Å². The molecule has 0 fully saturated rings. The second-order valence-electron chi connectivity index (χ2n) is 2.65. The summed E-state index contributed by atoms with van der Waals surface area (Å²) < 4.78 is 0. The van der Waals surface area contributed by atoms with E-state index in [2.05, 4.69) is 0 Å². The summed E-state index contributed by atoms with van der Waals surface area (Å²) >= 11 is 5.87. The predicted molar refractivity (Wildman–Crippen MR) is 54.3 cm³/mol. The molecule has 2 heteroatoms. The Hall–Kier alpha value is -0.790. The average molecular weight is 182 g/mol. The van der Waals surface area contributed by atoms with Gasteiger partial charge in [-0.15, -0.1) is 0 Å². The van der Waals surface area contributed by atoms with Crippen LogP contribution in [0.3, 0.4) is 0 Å². The van der Waals surface area contributed by atoms with Crippen molar-refractivity contribution in [3.63, 3.8) is 0 Å². The predicted octanol–water partition coefficient (Wildman–Crippen LogP) is 2.62. The van der Waals surface area contributed by atoms with Crippen LogP contribution in [0.15, 0.2) is 24.3 Å². The molecule has 12 heavy (non-hydrogen) atoms. The molecule has 0 spiro atoms. The highest BCUT2D eigenvalue weighted by Gasteiger charge is 1.93. The van der Waals surface area contributed by atoms with Gasteiger partial charge in [0.05, 0.1) is 0 Å². The Morgan fingerprint density at radius 1 is 1.50 bits per heavy atom. The minimum Gasteiger partial charge on any atom is -0.327 e. The Labute approximate surface area is 77.8 Å². The van der Waals surface area contributed by atoms with Gasteiger partial charge in [-0.1, -0.05) is 35.9 Å². The Morgan fingerprint density at radius 2 is 2.25 bits per heavy atom.